The van der Waals surface area contributed by atoms with Gasteiger partial charge in [0.1, 0.15) is 6.33 Å². The Kier molecular flexibility index (Phi) is 3.24. The Balaban J connectivity index is 2.37. The largest absolute Gasteiger partial charge is 0.378 e. The van der Waals surface area contributed by atoms with Gasteiger partial charge >= 0.3 is 5.69 Å². The maximum Gasteiger partial charge on any atom is 0.353 e. The molecule has 0 fully saturated rings. The Morgan fingerprint density at radius 2 is 1.94 bits per heavy atom. The Bertz CT molecular complexity index is 587. The lowest BCUT2D eigenvalue weighted by Crippen LogP contribution is -2.04. The van der Waals surface area contributed by atoms with E-state index in [1.165, 1.54) is 0 Å². The third kappa shape index (κ3) is 2.46. The van der Waals surface area contributed by atoms with Crippen LogP contribution in [0.5, 0.6) is 0 Å². The quantitative estimate of drug-likeness (QED) is 0.652. The van der Waals surface area contributed by atoms with Crippen LogP contribution < -0.4 is 11.1 Å². The van der Waals surface area contributed by atoms with Gasteiger partial charge in [0.05, 0.1) is 4.92 Å². The zero-order valence-electron chi connectivity index (χ0n) is 9.00. The van der Waals surface area contributed by atoms with Crippen LogP contribution in [0.25, 0.3) is 0 Å². The number of nitrogens with two attached hydrogens (primary N) is 1. The van der Waals surface area contributed by atoms with Crippen LogP contribution in [0.2, 0.25) is 5.02 Å². The summed E-state index contributed by atoms with van der Waals surface area (Å²) in [5.74, 6) is -0.152. The third-order valence-corrected chi connectivity index (χ3v) is 2.39. The summed E-state index contributed by atoms with van der Waals surface area (Å²) >= 11 is 5.74. The van der Waals surface area contributed by atoms with Crippen molar-refractivity contribution in [3.8, 4) is 0 Å². The highest BCUT2D eigenvalue weighted by molar-refractivity contribution is 6.30. The third-order valence-electron chi connectivity index (χ3n) is 2.14. The number of hydrogen-bond donors (Lipinski definition) is 2. The molecule has 1 aromatic carbocycles. The fraction of sp³-hybridized carbons (Fsp3) is 0. The van der Waals surface area contributed by atoms with Crippen LogP contribution in [0, 0.1) is 10.1 Å². The van der Waals surface area contributed by atoms with E-state index in [-0.39, 0.29) is 17.3 Å². The van der Waals surface area contributed by atoms with Crippen molar-refractivity contribution in [3.63, 3.8) is 0 Å². The molecule has 8 heteroatoms. The number of aromatic nitrogens is 2. The number of halogens is 1. The molecule has 2 aromatic rings. The fourth-order valence-electron chi connectivity index (χ4n) is 1.33. The summed E-state index contributed by atoms with van der Waals surface area (Å²) in [4.78, 5) is 17.6. The second-order valence-electron chi connectivity index (χ2n) is 3.35. The lowest BCUT2D eigenvalue weighted by molar-refractivity contribution is -0.383. The Morgan fingerprint density at radius 3 is 2.56 bits per heavy atom. The van der Waals surface area contributed by atoms with Crippen molar-refractivity contribution < 1.29 is 4.92 Å². The van der Waals surface area contributed by atoms with Gasteiger partial charge in [0, 0.05) is 10.7 Å². The zero-order valence-corrected chi connectivity index (χ0v) is 9.76. The summed E-state index contributed by atoms with van der Waals surface area (Å²) in [5, 5.41) is 14.2. The fourth-order valence-corrected chi connectivity index (χ4v) is 1.46. The van der Waals surface area contributed by atoms with Gasteiger partial charge in [-0.2, -0.15) is 0 Å². The van der Waals surface area contributed by atoms with Gasteiger partial charge in [-0.05, 0) is 24.3 Å². The monoisotopic (exact) mass is 265 g/mol. The lowest BCUT2D eigenvalue weighted by atomic mass is 10.3. The molecular weight excluding hydrogens is 258 g/mol. The second kappa shape index (κ2) is 4.84. The van der Waals surface area contributed by atoms with Crippen molar-refractivity contribution in [3.05, 3.63) is 45.7 Å². The Labute approximate surface area is 107 Å². The summed E-state index contributed by atoms with van der Waals surface area (Å²) in [5.41, 5.74) is 5.70. The van der Waals surface area contributed by atoms with Gasteiger partial charge in [-0.25, -0.2) is 9.97 Å². The van der Waals surface area contributed by atoms with E-state index >= 15 is 0 Å². The van der Waals surface area contributed by atoms with Gasteiger partial charge in [0.2, 0.25) is 11.6 Å². The van der Waals surface area contributed by atoms with Crippen molar-refractivity contribution in [1.29, 1.82) is 0 Å². The SMILES string of the molecule is Nc1ncnc(Nc2ccc(Cl)cc2)c1[N+](=O)[O-]. The minimum atomic E-state index is -0.631. The van der Waals surface area contributed by atoms with Gasteiger partial charge in [0.25, 0.3) is 0 Å². The van der Waals surface area contributed by atoms with E-state index in [1.807, 2.05) is 0 Å². The highest BCUT2D eigenvalue weighted by atomic mass is 35.5. The maximum absolute atomic E-state index is 10.9. The Morgan fingerprint density at radius 1 is 1.28 bits per heavy atom. The molecule has 1 heterocycles. The number of hydrogen-bond acceptors (Lipinski definition) is 6. The average molecular weight is 266 g/mol. The average Bonchev–Trinajstić information content (AvgIpc) is 2.32. The summed E-state index contributed by atoms with van der Waals surface area (Å²) in [6.07, 6.45) is 1.15. The first-order valence-electron chi connectivity index (χ1n) is 4.85. The molecule has 0 radical (unpaired) electrons. The zero-order chi connectivity index (χ0) is 13.1. The standard InChI is InChI=1S/C10H8ClN5O2/c11-6-1-3-7(4-2-6)15-10-8(16(17)18)9(12)13-5-14-10/h1-5H,(H3,12,13,14,15). The van der Waals surface area contributed by atoms with Gasteiger partial charge in [-0.1, -0.05) is 11.6 Å². The van der Waals surface area contributed by atoms with Crippen LogP contribution in [-0.4, -0.2) is 14.9 Å². The molecule has 2 rings (SSSR count). The number of rotatable bonds is 3. The molecule has 0 saturated heterocycles. The molecule has 3 N–H and O–H groups in total. The number of nitrogen functional groups attached to an aromatic ring is 1. The molecule has 0 atom stereocenters. The van der Waals surface area contributed by atoms with E-state index in [2.05, 4.69) is 15.3 Å². The first-order valence-corrected chi connectivity index (χ1v) is 5.23. The van der Waals surface area contributed by atoms with Crippen LogP contribution in [-0.2, 0) is 0 Å². The minimum Gasteiger partial charge on any atom is -0.378 e. The van der Waals surface area contributed by atoms with E-state index < -0.39 is 4.92 Å². The molecule has 0 aliphatic heterocycles. The van der Waals surface area contributed by atoms with E-state index in [0.717, 1.165) is 6.33 Å². The van der Waals surface area contributed by atoms with Crippen LogP contribution in [0.15, 0.2) is 30.6 Å². The van der Waals surface area contributed by atoms with E-state index in [0.29, 0.717) is 10.7 Å². The van der Waals surface area contributed by atoms with Crippen LogP contribution in [0.4, 0.5) is 23.0 Å². The molecule has 7 nitrogen and oxygen atoms in total. The number of nitrogens with zero attached hydrogens (tertiary/aromatic N) is 3. The lowest BCUT2D eigenvalue weighted by Gasteiger charge is -2.06. The maximum atomic E-state index is 10.9. The summed E-state index contributed by atoms with van der Waals surface area (Å²) in [6, 6.07) is 6.65. The molecule has 18 heavy (non-hydrogen) atoms. The molecule has 0 bridgehead atoms. The van der Waals surface area contributed by atoms with Crippen LogP contribution >= 0.6 is 11.6 Å². The van der Waals surface area contributed by atoms with Gasteiger partial charge in [-0.15, -0.1) is 0 Å². The van der Waals surface area contributed by atoms with Gasteiger partial charge in [0.15, 0.2) is 0 Å². The first-order chi connectivity index (χ1) is 8.58. The van der Waals surface area contributed by atoms with Crippen molar-refractivity contribution in [2.45, 2.75) is 0 Å². The predicted molar refractivity (Wildman–Crippen MR) is 67.8 cm³/mol. The molecule has 0 saturated carbocycles. The molecule has 0 unspecified atom stereocenters. The molecule has 0 aliphatic carbocycles. The normalized spacial score (nSPS) is 10.1. The van der Waals surface area contributed by atoms with Crippen molar-refractivity contribution in [2.75, 3.05) is 11.1 Å². The Hall–Kier alpha value is -2.41. The summed E-state index contributed by atoms with van der Waals surface area (Å²) in [6.45, 7) is 0. The first kappa shape index (κ1) is 12.1. The predicted octanol–water partition coefficient (Wildman–Crippen LogP) is 2.36. The number of nitro groups is 1. The van der Waals surface area contributed by atoms with Crippen molar-refractivity contribution in [2.24, 2.45) is 0 Å². The van der Waals surface area contributed by atoms with E-state index in [9.17, 15) is 10.1 Å². The summed E-state index contributed by atoms with van der Waals surface area (Å²) in [7, 11) is 0. The molecular formula is C10H8ClN5O2. The molecule has 1 aromatic heterocycles. The van der Waals surface area contributed by atoms with E-state index in [4.69, 9.17) is 17.3 Å². The molecule has 0 amide bonds. The van der Waals surface area contributed by atoms with E-state index in [1.54, 1.807) is 24.3 Å². The molecule has 0 spiro atoms. The van der Waals surface area contributed by atoms with Gasteiger partial charge in [-0.3, -0.25) is 10.1 Å². The highest BCUT2D eigenvalue weighted by Gasteiger charge is 2.20. The van der Waals surface area contributed by atoms with Crippen LogP contribution in [0.1, 0.15) is 0 Å². The number of benzene rings is 1. The van der Waals surface area contributed by atoms with Crippen molar-refractivity contribution in [1.82, 2.24) is 9.97 Å². The topological polar surface area (TPSA) is 107 Å². The van der Waals surface area contributed by atoms with Crippen LogP contribution in [0.3, 0.4) is 0 Å². The van der Waals surface area contributed by atoms with Crippen molar-refractivity contribution >= 4 is 34.6 Å². The number of nitrogens with one attached hydrogen (secondary N) is 1. The minimum absolute atomic E-state index is 0.0369. The molecule has 0 aliphatic rings. The van der Waals surface area contributed by atoms with Gasteiger partial charge < -0.3 is 11.1 Å². The summed E-state index contributed by atoms with van der Waals surface area (Å²) < 4.78 is 0. The second-order valence-corrected chi connectivity index (χ2v) is 3.78. The highest BCUT2D eigenvalue weighted by Crippen LogP contribution is 2.29. The smallest absolute Gasteiger partial charge is 0.353 e. The number of anilines is 3. The molecule has 92 valence electrons.